The molecule has 0 radical (unpaired) electrons. The highest BCUT2D eigenvalue weighted by molar-refractivity contribution is 5.86. The number of hydrogen-bond donors (Lipinski definition) is 1. The molecule has 1 aliphatic heterocycles. The number of piperidine rings is 1. The molecular weight excluding hydrogens is 264 g/mol. The Bertz CT molecular complexity index is 293. The van der Waals surface area contributed by atoms with Gasteiger partial charge < -0.3 is 15.4 Å². The third-order valence-electron chi connectivity index (χ3n) is 4.29. The van der Waals surface area contributed by atoms with Gasteiger partial charge in [0.05, 0.1) is 12.1 Å². The number of nitrogens with zero attached hydrogens (tertiary/aromatic N) is 1. The molecule has 1 saturated carbocycles. The average molecular weight is 291 g/mol. The molecular formula is C14H27ClN2O2. The summed E-state index contributed by atoms with van der Waals surface area (Å²) in [5.74, 6) is 0.675. The first kappa shape index (κ1) is 16.7. The fourth-order valence-corrected chi connectivity index (χ4v) is 3.20. The van der Waals surface area contributed by atoms with E-state index in [1.807, 2.05) is 11.8 Å². The van der Waals surface area contributed by atoms with Crippen molar-refractivity contribution in [2.24, 2.45) is 11.7 Å². The Morgan fingerprint density at radius 3 is 2.68 bits per heavy atom. The van der Waals surface area contributed by atoms with Crippen molar-refractivity contribution in [1.82, 2.24) is 4.90 Å². The highest BCUT2D eigenvalue weighted by atomic mass is 35.5. The number of carbonyl (C=O) groups is 1. The molecule has 2 aliphatic rings. The van der Waals surface area contributed by atoms with Crippen LogP contribution in [0.2, 0.25) is 0 Å². The lowest BCUT2D eigenvalue weighted by atomic mass is 9.93. The summed E-state index contributed by atoms with van der Waals surface area (Å²) in [6, 6.07) is 0. The van der Waals surface area contributed by atoms with Gasteiger partial charge >= 0.3 is 0 Å². The molecule has 2 N–H and O–H groups in total. The molecule has 0 spiro atoms. The lowest BCUT2D eigenvalue weighted by molar-refractivity contribution is -0.139. The summed E-state index contributed by atoms with van der Waals surface area (Å²) in [6.45, 7) is 5.25. The van der Waals surface area contributed by atoms with Crippen LogP contribution in [0.3, 0.4) is 0 Å². The van der Waals surface area contributed by atoms with Crippen LogP contribution in [0.4, 0.5) is 0 Å². The third-order valence-corrected chi connectivity index (χ3v) is 4.29. The van der Waals surface area contributed by atoms with Crippen molar-refractivity contribution in [3.05, 3.63) is 0 Å². The molecule has 2 rings (SSSR count). The van der Waals surface area contributed by atoms with E-state index in [1.165, 1.54) is 6.42 Å². The van der Waals surface area contributed by atoms with E-state index < -0.39 is 5.54 Å². The van der Waals surface area contributed by atoms with Crippen molar-refractivity contribution in [3.63, 3.8) is 0 Å². The smallest absolute Gasteiger partial charge is 0.242 e. The molecule has 19 heavy (non-hydrogen) atoms. The number of hydrogen-bond acceptors (Lipinski definition) is 3. The number of rotatable bonds is 4. The fraction of sp³-hybridized carbons (Fsp3) is 0.929. The molecule has 2 fully saturated rings. The predicted octanol–water partition coefficient (Wildman–Crippen LogP) is 1.95. The zero-order valence-electron chi connectivity index (χ0n) is 11.9. The quantitative estimate of drug-likeness (QED) is 0.861. The van der Waals surface area contributed by atoms with Gasteiger partial charge in [0.2, 0.25) is 5.91 Å². The van der Waals surface area contributed by atoms with Crippen molar-refractivity contribution in [3.8, 4) is 0 Å². The lowest BCUT2D eigenvalue weighted by Gasteiger charge is -2.37. The summed E-state index contributed by atoms with van der Waals surface area (Å²) in [5, 5.41) is 0. The molecule has 1 aliphatic carbocycles. The second kappa shape index (κ2) is 7.46. The zero-order chi connectivity index (χ0) is 13.0. The Kier molecular flexibility index (Phi) is 6.57. The highest BCUT2D eigenvalue weighted by Crippen LogP contribution is 2.30. The summed E-state index contributed by atoms with van der Waals surface area (Å²) in [4.78, 5) is 14.5. The topological polar surface area (TPSA) is 55.6 Å². The SMILES string of the molecule is CCOCC1CCCN(C(=O)C2(N)CCCC2)C1.Cl. The van der Waals surface area contributed by atoms with Gasteiger partial charge in [0, 0.05) is 19.7 Å². The molecule has 1 saturated heterocycles. The van der Waals surface area contributed by atoms with Crippen LogP contribution in [0.25, 0.3) is 0 Å². The van der Waals surface area contributed by atoms with E-state index >= 15 is 0 Å². The molecule has 1 amide bonds. The number of likely N-dealkylation sites (tertiary alicyclic amines) is 1. The van der Waals surface area contributed by atoms with E-state index in [4.69, 9.17) is 10.5 Å². The van der Waals surface area contributed by atoms with Crippen LogP contribution in [0.15, 0.2) is 0 Å². The van der Waals surface area contributed by atoms with E-state index in [1.54, 1.807) is 0 Å². The second-order valence-electron chi connectivity index (χ2n) is 5.78. The Morgan fingerprint density at radius 2 is 2.05 bits per heavy atom. The van der Waals surface area contributed by atoms with Gasteiger partial charge in [-0.05, 0) is 38.5 Å². The molecule has 1 atom stereocenters. The summed E-state index contributed by atoms with van der Waals surface area (Å²) in [7, 11) is 0. The van der Waals surface area contributed by atoms with E-state index in [9.17, 15) is 4.79 Å². The maximum atomic E-state index is 12.5. The van der Waals surface area contributed by atoms with Crippen LogP contribution in [0.1, 0.15) is 45.4 Å². The minimum absolute atomic E-state index is 0. The largest absolute Gasteiger partial charge is 0.381 e. The minimum Gasteiger partial charge on any atom is -0.381 e. The van der Waals surface area contributed by atoms with Crippen LogP contribution in [0.5, 0.6) is 0 Å². The summed E-state index contributed by atoms with van der Waals surface area (Å²) in [5.41, 5.74) is 5.69. The monoisotopic (exact) mass is 290 g/mol. The van der Waals surface area contributed by atoms with Crippen LogP contribution in [-0.2, 0) is 9.53 Å². The van der Waals surface area contributed by atoms with Crippen molar-refractivity contribution < 1.29 is 9.53 Å². The molecule has 112 valence electrons. The minimum atomic E-state index is -0.562. The van der Waals surface area contributed by atoms with E-state index in [0.29, 0.717) is 5.92 Å². The number of carbonyl (C=O) groups excluding carboxylic acids is 1. The zero-order valence-corrected chi connectivity index (χ0v) is 12.7. The number of ether oxygens (including phenoxy) is 1. The maximum absolute atomic E-state index is 12.5. The summed E-state index contributed by atoms with van der Waals surface area (Å²) in [6.07, 6.45) is 6.16. The van der Waals surface area contributed by atoms with Crippen LogP contribution < -0.4 is 5.73 Å². The maximum Gasteiger partial charge on any atom is 0.242 e. The number of nitrogens with two attached hydrogens (primary N) is 1. The number of amides is 1. The van der Waals surface area contributed by atoms with Crippen LogP contribution >= 0.6 is 12.4 Å². The van der Waals surface area contributed by atoms with Gasteiger partial charge in [-0.2, -0.15) is 0 Å². The van der Waals surface area contributed by atoms with Gasteiger partial charge in [-0.25, -0.2) is 0 Å². The molecule has 1 unspecified atom stereocenters. The molecule has 1 heterocycles. The fourth-order valence-electron chi connectivity index (χ4n) is 3.20. The summed E-state index contributed by atoms with van der Waals surface area (Å²) < 4.78 is 5.48. The van der Waals surface area contributed by atoms with Crippen molar-refractivity contribution in [2.45, 2.75) is 51.0 Å². The first-order valence-electron chi connectivity index (χ1n) is 7.32. The second-order valence-corrected chi connectivity index (χ2v) is 5.78. The van der Waals surface area contributed by atoms with E-state index in [2.05, 4.69) is 0 Å². The van der Waals surface area contributed by atoms with Crippen molar-refractivity contribution in [2.75, 3.05) is 26.3 Å². The van der Waals surface area contributed by atoms with Gasteiger partial charge in [0.1, 0.15) is 0 Å². The molecule has 0 aromatic heterocycles. The standard InChI is InChI=1S/C14H26N2O2.ClH/c1-2-18-11-12-6-5-9-16(10-12)13(17)14(15)7-3-4-8-14;/h12H,2-11,15H2,1H3;1H. The Morgan fingerprint density at radius 1 is 1.37 bits per heavy atom. The lowest BCUT2D eigenvalue weighted by Crippen LogP contribution is -2.56. The van der Waals surface area contributed by atoms with Gasteiger partial charge in [-0.15, -0.1) is 12.4 Å². The predicted molar refractivity (Wildman–Crippen MR) is 78.4 cm³/mol. The molecule has 5 heteroatoms. The molecule has 0 bridgehead atoms. The first-order valence-corrected chi connectivity index (χ1v) is 7.32. The third kappa shape index (κ3) is 4.07. The van der Waals surface area contributed by atoms with Gasteiger partial charge in [0.15, 0.2) is 0 Å². The average Bonchev–Trinajstić information content (AvgIpc) is 2.84. The Hall–Kier alpha value is -0.320. The number of halogens is 1. The Balaban J connectivity index is 0.00000180. The van der Waals surface area contributed by atoms with Crippen LogP contribution in [-0.4, -0.2) is 42.6 Å². The van der Waals surface area contributed by atoms with Crippen molar-refractivity contribution >= 4 is 18.3 Å². The molecule has 0 aromatic rings. The molecule has 4 nitrogen and oxygen atoms in total. The summed E-state index contributed by atoms with van der Waals surface area (Å²) >= 11 is 0. The first-order chi connectivity index (χ1) is 8.65. The van der Waals surface area contributed by atoms with Crippen molar-refractivity contribution in [1.29, 1.82) is 0 Å². The Labute approximate surface area is 122 Å². The van der Waals surface area contributed by atoms with E-state index in [-0.39, 0.29) is 18.3 Å². The highest BCUT2D eigenvalue weighted by Gasteiger charge is 2.40. The van der Waals surface area contributed by atoms with E-state index in [0.717, 1.165) is 58.4 Å². The van der Waals surface area contributed by atoms with Crippen LogP contribution in [0, 0.1) is 5.92 Å². The van der Waals surface area contributed by atoms with Gasteiger partial charge in [0.25, 0.3) is 0 Å². The van der Waals surface area contributed by atoms with Gasteiger partial charge in [-0.3, -0.25) is 4.79 Å². The molecule has 0 aromatic carbocycles. The normalized spacial score (nSPS) is 26.0. The van der Waals surface area contributed by atoms with Gasteiger partial charge in [-0.1, -0.05) is 12.8 Å².